The molecule has 2 aromatic rings. The molecule has 22 heavy (non-hydrogen) atoms. The van der Waals surface area contributed by atoms with Gasteiger partial charge in [0.05, 0.1) is 18.4 Å². The van der Waals surface area contributed by atoms with E-state index < -0.39 is 5.97 Å². The van der Waals surface area contributed by atoms with Crippen LogP contribution in [0.2, 0.25) is 0 Å². The number of ether oxygens (including phenoxy) is 1. The average Bonchev–Trinajstić information content (AvgIpc) is 3.23. The summed E-state index contributed by atoms with van der Waals surface area (Å²) in [5.74, 6) is 0.863. The Labute approximate surface area is 128 Å². The molecule has 0 bridgehead atoms. The van der Waals surface area contributed by atoms with Crippen molar-refractivity contribution in [2.75, 3.05) is 7.11 Å². The SMILES string of the molecule is COC(=O)c1ccc(N=O)c(-n2ccnc2C2CCCC2)c1. The maximum atomic E-state index is 11.7. The van der Waals surface area contributed by atoms with E-state index in [0.717, 1.165) is 18.7 Å². The van der Waals surface area contributed by atoms with Crippen LogP contribution in [0.5, 0.6) is 0 Å². The van der Waals surface area contributed by atoms with Gasteiger partial charge in [-0.05, 0) is 36.2 Å². The Hall–Kier alpha value is -2.50. The molecule has 1 heterocycles. The van der Waals surface area contributed by atoms with Crippen LogP contribution in [0.1, 0.15) is 47.8 Å². The van der Waals surface area contributed by atoms with Gasteiger partial charge >= 0.3 is 5.97 Å². The Balaban J connectivity index is 2.08. The van der Waals surface area contributed by atoms with E-state index in [0.29, 0.717) is 17.2 Å². The first kappa shape index (κ1) is 14.4. The summed E-state index contributed by atoms with van der Waals surface area (Å²) in [6.07, 6.45) is 8.10. The number of benzene rings is 1. The molecule has 3 rings (SSSR count). The lowest BCUT2D eigenvalue weighted by Crippen LogP contribution is -2.07. The van der Waals surface area contributed by atoms with E-state index in [1.807, 2.05) is 4.57 Å². The van der Waals surface area contributed by atoms with Crippen LogP contribution >= 0.6 is 0 Å². The van der Waals surface area contributed by atoms with Crippen molar-refractivity contribution in [3.8, 4) is 5.69 Å². The van der Waals surface area contributed by atoms with Gasteiger partial charge in [-0.25, -0.2) is 9.78 Å². The van der Waals surface area contributed by atoms with Gasteiger partial charge in [0.1, 0.15) is 11.5 Å². The number of hydrogen-bond donors (Lipinski definition) is 0. The summed E-state index contributed by atoms with van der Waals surface area (Å²) in [4.78, 5) is 27.3. The van der Waals surface area contributed by atoms with Crippen LogP contribution in [-0.2, 0) is 4.74 Å². The standard InChI is InChI=1S/C16H17N3O3/c1-22-16(20)12-6-7-13(18-21)14(10-12)19-9-8-17-15(19)11-4-2-3-5-11/h6-11H,2-5H2,1H3. The minimum Gasteiger partial charge on any atom is -0.465 e. The van der Waals surface area contributed by atoms with Crippen LogP contribution in [0.4, 0.5) is 5.69 Å². The van der Waals surface area contributed by atoms with Crippen LogP contribution < -0.4 is 0 Å². The highest BCUT2D eigenvalue weighted by molar-refractivity contribution is 5.91. The highest BCUT2D eigenvalue weighted by atomic mass is 16.5. The number of hydrogen-bond acceptors (Lipinski definition) is 5. The van der Waals surface area contributed by atoms with Crippen molar-refractivity contribution in [1.82, 2.24) is 9.55 Å². The molecule has 6 heteroatoms. The minimum atomic E-state index is -0.443. The lowest BCUT2D eigenvalue weighted by Gasteiger charge is -2.14. The van der Waals surface area contributed by atoms with Gasteiger partial charge in [-0.3, -0.25) is 0 Å². The zero-order valence-corrected chi connectivity index (χ0v) is 12.4. The third kappa shape index (κ3) is 2.52. The molecule has 0 aliphatic heterocycles. The van der Waals surface area contributed by atoms with Crippen LogP contribution in [0.15, 0.2) is 35.8 Å². The summed E-state index contributed by atoms with van der Waals surface area (Å²) in [5, 5.41) is 3.07. The molecule has 0 N–H and O–H groups in total. The molecule has 0 atom stereocenters. The first-order valence-electron chi connectivity index (χ1n) is 7.34. The first-order chi connectivity index (χ1) is 10.7. The van der Waals surface area contributed by atoms with Gasteiger partial charge in [-0.1, -0.05) is 12.8 Å². The lowest BCUT2D eigenvalue weighted by molar-refractivity contribution is 0.0600. The van der Waals surface area contributed by atoms with Crippen molar-refractivity contribution in [2.24, 2.45) is 5.18 Å². The monoisotopic (exact) mass is 299 g/mol. The number of rotatable bonds is 4. The van der Waals surface area contributed by atoms with Gasteiger partial charge in [-0.15, -0.1) is 4.91 Å². The molecule has 1 saturated carbocycles. The fourth-order valence-electron chi connectivity index (χ4n) is 3.04. The average molecular weight is 299 g/mol. The number of aromatic nitrogens is 2. The van der Waals surface area contributed by atoms with Gasteiger partial charge in [0.15, 0.2) is 0 Å². The number of nitroso groups, excluding NO2 is 1. The molecular formula is C16H17N3O3. The minimum absolute atomic E-state index is 0.282. The maximum Gasteiger partial charge on any atom is 0.337 e. The highest BCUT2D eigenvalue weighted by Gasteiger charge is 2.23. The number of nitrogens with zero attached hydrogens (tertiary/aromatic N) is 3. The van der Waals surface area contributed by atoms with Gasteiger partial charge in [0.2, 0.25) is 0 Å². The zero-order valence-electron chi connectivity index (χ0n) is 12.4. The van der Waals surface area contributed by atoms with Crippen molar-refractivity contribution >= 4 is 11.7 Å². The molecule has 0 unspecified atom stereocenters. The van der Waals surface area contributed by atoms with Crippen LogP contribution in [-0.4, -0.2) is 22.6 Å². The summed E-state index contributed by atoms with van der Waals surface area (Å²) in [6, 6.07) is 4.70. The van der Waals surface area contributed by atoms with Gasteiger partial charge in [-0.2, -0.15) is 0 Å². The molecular weight excluding hydrogens is 282 g/mol. The van der Waals surface area contributed by atoms with E-state index in [9.17, 15) is 9.70 Å². The number of imidazole rings is 1. The van der Waals surface area contributed by atoms with E-state index in [1.165, 1.54) is 32.1 Å². The summed E-state index contributed by atoms with van der Waals surface area (Å²) in [5.41, 5.74) is 1.23. The van der Waals surface area contributed by atoms with Crippen molar-refractivity contribution in [3.63, 3.8) is 0 Å². The molecule has 0 spiro atoms. The van der Waals surface area contributed by atoms with E-state index in [4.69, 9.17) is 4.74 Å². The summed E-state index contributed by atoms with van der Waals surface area (Å²) < 4.78 is 6.60. The number of esters is 1. The number of carbonyl (C=O) groups excluding carboxylic acids is 1. The topological polar surface area (TPSA) is 73.5 Å². The summed E-state index contributed by atoms with van der Waals surface area (Å²) in [6.45, 7) is 0. The van der Waals surface area contributed by atoms with Crippen LogP contribution in [0.3, 0.4) is 0 Å². The molecule has 0 saturated heterocycles. The molecule has 1 aromatic heterocycles. The van der Waals surface area contributed by atoms with Crippen molar-refractivity contribution in [3.05, 3.63) is 46.9 Å². The van der Waals surface area contributed by atoms with Crippen molar-refractivity contribution < 1.29 is 9.53 Å². The second-order valence-corrected chi connectivity index (χ2v) is 5.42. The number of methoxy groups -OCH3 is 1. The van der Waals surface area contributed by atoms with Crippen molar-refractivity contribution in [1.29, 1.82) is 0 Å². The Morgan fingerprint density at radius 3 is 2.82 bits per heavy atom. The van der Waals surface area contributed by atoms with E-state index in [-0.39, 0.29) is 5.69 Å². The second-order valence-electron chi connectivity index (χ2n) is 5.42. The second kappa shape index (κ2) is 6.09. The van der Waals surface area contributed by atoms with E-state index in [2.05, 4.69) is 10.2 Å². The fraction of sp³-hybridized carbons (Fsp3) is 0.375. The summed E-state index contributed by atoms with van der Waals surface area (Å²) in [7, 11) is 1.33. The largest absolute Gasteiger partial charge is 0.465 e. The Kier molecular flexibility index (Phi) is 4.00. The Morgan fingerprint density at radius 1 is 1.36 bits per heavy atom. The molecule has 0 radical (unpaired) electrons. The molecule has 114 valence electrons. The van der Waals surface area contributed by atoms with Gasteiger partial charge in [0.25, 0.3) is 0 Å². The normalized spacial score (nSPS) is 15.0. The molecule has 1 aromatic carbocycles. The van der Waals surface area contributed by atoms with E-state index in [1.54, 1.807) is 18.5 Å². The molecule has 1 aliphatic carbocycles. The Bertz CT molecular complexity index is 702. The quantitative estimate of drug-likeness (QED) is 0.637. The third-order valence-corrected chi connectivity index (χ3v) is 4.14. The Morgan fingerprint density at radius 2 is 2.14 bits per heavy atom. The number of carbonyl (C=O) groups is 1. The maximum absolute atomic E-state index is 11.7. The predicted molar refractivity (Wildman–Crippen MR) is 81.6 cm³/mol. The molecule has 6 nitrogen and oxygen atoms in total. The lowest BCUT2D eigenvalue weighted by atomic mass is 10.1. The van der Waals surface area contributed by atoms with Gasteiger partial charge < -0.3 is 9.30 Å². The van der Waals surface area contributed by atoms with Crippen LogP contribution in [0, 0.1) is 4.91 Å². The third-order valence-electron chi connectivity index (χ3n) is 4.14. The first-order valence-corrected chi connectivity index (χ1v) is 7.34. The molecule has 0 amide bonds. The zero-order chi connectivity index (χ0) is 15.5. The smallest absolute Gasteiger partial charge is 0.337 e. The summed E-state index contributed by atoms with van der Waals surface area (Å²) >= 11 is 0. The van der Waals surface area contributed by atoms with Gasteiger partial charge in [0, 0.05) is 18.3 Å². The highest BCUT2D eigenvalue weighted by Crippen LogP contribution is 2.35. The molecule has 1 aliphatic rings. The van der Waals surface area contributed by atoms with Crippen molar-refractivity contribution in [2.45, 2.75) is 31.6 Å². The van der Waals surface area contributed by atoms with Crippen LogP contribution in [0.25, 0.3) is 5.69 Å². The van der Waals surface area contributed by atoms with E-state index >= 15 is 0 Å². The molecule has 1 fully saturated rings. The predicted octanol–water partition coefficient (Wildman–Crippen LogP) is 3.71. The fourth-order valence-corrected chi connectivity index (χ4v) is 3.04.